The van der Waals surface area contributed by atoms with Gasteiger partial charge in [0.1, 0.15) is 12.4 Å². The first-order valence-corrected chi connectivity index (χ1v) is 15.8. The van der Waals surface area contributed by atoms with Gasteiger partial charge in [-0.25, -0.2) is 4.98 Å². The number of benzene rings is 2. The molecule has 3 atom stereocenters. The van der Waals surface area contributed by atoms with Crippen molar-refractivity contribution in [2.75, 3.05) is 51.4 Å². The molecular weight excluding hydrogens is 564 g/mol. The Morgan fingerprint density at radius 1 is 1.19 bits per heavy atom. The van der Waals surface area contributed by atoms with Crippen LogP contribution >= 0.6 is 11.3 Å². The molecule has 2 saturated heterocycles. The fraction of sp³-hybridized carbons (Fsp3) is 0.485. The lowest BCUT2D eigenvalue weighted by atomic mass is 9.85. The number of carboxylic acid groups (broad SMARTS) is 1. The number of nitrogens with zero attached hydrogens (tertiary/aromatic N) is 4. The number of methoxy groups -OCH3 is 1. The van der Waals surface area contributed by atoms with Crippen LogP contribution in [0.2, 0.25) is 0 Å². The van der Waals surface area contributed by atoms with Crippen molar-refractivity contribution in [3.8, 4) is 23.1 Å². The molecule has 3 aromatic rings. The molecule has 43 heavy (non-hydrogen) atoms. The molecule has 0 radical (unpaired) electrons. The van der Waals surface area contributed by atoms with Gasteiger partial charge in [0.2, 0.25) is 0 Å². The fourth-order valence-corrected chi connectivity index (χ4v) is 7.71. The molecule has 226 valence electrons. The molecule has 3 heterocycles. The molecule has 0 spiro atoms. The number of piperidine rings is 1. The Morgan fingerprint density at radius 2 is 2.00 bits per heavy atom. The molecule has 2 aliphatic heterocycles. The summed E-state index contributed by atoms with van der Waals surface area (Å²) in [6.07, 6.45) is 2.01. The van der Waals surface area contributed by atoms with Gasteiger partial charge in [-0.3, -0.25) is 9.69 Å². The van der Waals surface area contributed by atoms with Gasteiger partial charge < -0.3 is 24.2 Å². The van der Waals surface area contributed by atoms with Crippen LogP contribution in [-0.4, -0.2) is 73.6 Å². The summed E-state index contributed by atoms with van der Waals surface area (Å²) in [4.78, 5) is 21.4. The fourth-order valence-electron chi connectivity index (χ4n) is 6.86. The number of ether oxygens (including phenoxy) is 3. The lowest BCUT2D eigenvalue weighted by Crippen LogP contribution is -2.44. The van der Waals surface area contributed by atoms with Gasteiger partial charge in [0, 0.05) is 56.3 Å². The van der Waals surface area contributed by atoms with E-state index in [0.29, 0.717) is 18.8 Å². The summed E-state index contributed by atoms with van der Waals surface area (Å²) in [6, 6.07) is 14.5. The molecule has 1 saturated carbocycles. The third-order valence-electron chi connectivity index (χ3n) is 8.95. The van der Waals surface area contributed by atoms with Crippen LogP contribution < -0.4 is 9.64 Å². The van der Waals surface area contributed by atoms with Crippen LogP contribution in [0.15, 0.2) is 41.8 Å². The SMILES string of the molecule is COCC1CN(Cc2ccc(COc3ccc(C)cc3-c3csc(N4CC5CCC(C4)C5C(=O)O)n3)c(C#N)c2)CCO1. The highest BCUT2D eigenvalue weighted by molar-refractivity contribution is 7.14. The van der Waals surface area contributed by atoms with Crippen LogP contribution in [0, 0.1) is 36.0 Å². The number of thiazole rings is 1. The van der Waals surface area contributed by atoms with Crippen molar-refractivity contribution < 1.29 is 24.1 Å². The Balaban J connectivity index is 1.14. The first-order valence-electron chi connectivity index (χ1n) is 14.9. The van der Waals surface area contributed by atoms with Crippen LogP contribution in [-0.2, 0) is 27.4 Å². The van der Waals surface area contributed by atoms with Crippen molar-refractivity contribution in [2.45, 2.75) is 39.0 Å². The van der Waals surface area contributed by atoms with Gasteiger partial charge in [-0.2, -0.15) is 5.26 Å². The predicted molar refractivity (Wildman–Crippen MR) is 164 cm³/mol. The smallest absolute Gasteiger partial charge is 0.307 e. The first-order chi connectivity index (χ1) is 20.9. The third kappa shape index (κ3) is 6.55. The summed E-state index contributed by atoms with van der Waals surface area (Å²) in [5, 5.41) is 22.6. The van der Waals surface area contributed by atoms with Crippen molar-refractivity contribution in [2.24, 2.45) is 17.8 Å². The quantitative estimate of drug-likeness (QED) is 0.344. The molecule has 0 amide bonds. The number of hydrogen-bond acceptors (Lipinski definition) is 9. The number of morpholine rings is 1. The molecule has 2 bridgehead atoms. The minimum Gasteiger partial charge on any atom is -0.488 e. The van der Waals surface area contributed by atoms with E-state index in [-0.39, 0.29) is 30.5 Å². The Morgan fingerprint density at radius 3 is 2.74 bits per heavy atom. The Labute approximate surface area is 256 Å². The van der Waals surface area contributed by atoms with E-state index in [1.165, 1.54) is 0 Å². The molecule has 2 aromatic carbocycles. The van der Waals surface area contributed by atoms with Gasteiger partial charge in [0.25, 0.3) is 0 Å². The average molecular weight is 603 g/mol. The molecule has 1 aromatic heterocycles. The number of carboxylic acids is 1. The molecular formula is C33H38N4O5S. The van der Waals surface area contributed by atoms with Crippen LogP contribution in [0.3, 0.4) is 0 Å². The van der Waals surface area contributed by atoms with E-state index in [1.54, 1.807) is 18.4 Å². The van der Waals surface area contributed by atoms with Gasteiger partial charge in [-0.1, -0.05) is 23.8 Å². The molecule has 3 aliphatic rings. The second kappa shape index (κ2) is 13.0. The monoisotopic (exact) mass is 602 g/mol. The number of rotatable bonds is 10. The second-order valence-electron chi connectivity index (χ2n) is 12.0. The lowest BCUT2D eigenvalue weighted by molar-refractivity contribution is -0.144. The second-order valence-corrected chi connectivity index (χ2v) is 12.8. The van der Waals surface area contributed by atoms with Gasteiger partial charge in [-0.05, 0) is 55.4 Å². The van der Waals surface area contributed by atoms with E-state index in [0.717, 1.165) is 84.4 Å². The van der Waals surface area contributed by atoms with Crippen LogP contribution in [0.1, 0.15) is 35.1 Å². The minimum absolute atomic E-state index is 0.0682. The van der Waals surface area contributed by atoms with Gasteiger partial charge in [-0.15, -0.1) is 11.3 Å². The molecule has 3 unspecified atom stereocenters. The highest BCUT2D eigenvalue weighted by Gasteiger charge is 2.46. The van der Waals surface area contributed by atoms with E-state index >= 15 is 0 Å². The summed E-state index contributed by atoms with van der Waals surface area (Å²) < 4.78 is 17.4. The van der Waals surface area contributed by atoms with Crippen LogP contribution in [0.25, 0.3) is 11.3 Å². The van der Waals surface area contributed by atoms with Gasteiger partial charge in [0.05, 0.1) is 42.6 Å². The average Bonchev–Trinajstić information content (AvgIpc) is 3.60. The van der Waals surface area contributed by atoms with E-state index in [4.69, 9.17) is 19.2 Å². The van der Waals surface area contributed by atoms with Crippen LogP contribution in [0.4, 0.5) is 5.13 Å². The first kappa shape index (κ1) is 29.6. The molecule has 9 nitrogen and oxygen atoms in total. The maximum Gasteiger partial charge on any atom is 0.307 e. The number of nitriles is 1. The summed E-state index contributed by atoms with van der Waals surface area (Å²) in [5.41, 5.74) is 5.41. The summed E-state index contributed by atoms with van der Waals surface area (Å²) in [7, 11) is 1.69. The summed E-state index contributed by atoms with van der Waals surface area (Å²) in [6.45, 7) is 7.46. The number of aromatic nitrogens is 1. The Bertz CT molecular complexity index is 1490. The van der Waals surface area contributed by atoms with Crippen molar-refractivity contribution in [3.63, 3.8) is 0 Å². The van der Waals surface area contributed by atoms with Crippen molar-refractivity contribution in [3.05, 3.63) is 64.0 Å². The third-order valence-corrected chi connectivity index (χ3v) is 9.85. The summed E-state index contributed by atoms with van der Waals surface area (Å²) >= 11 is 1.60. The Kier molecular flexibility index (Phi) is 8.96. The van der Waals surface area contributed by atoms with E-state index in [9.17, 15) is 15.2 Å². The van der Waals surface area contributed by atoms with Gasteiger partial charge >= 0.3 is 5.97 Å². The predicted octanol–water partition coefficient (Wildman–Crippen LogP) is 4.96. The zero-order valence-corrected chi connectivity index (χ0v) is 25.5. The molecule has 1 N–H and O–H groups in total. The zero-order chi connectivity index (χ0) is 29.9. The molecule has 1 aliphatic carbocycles. The zero-order valence-electron chi connectivity index (χ0n) is 24.7. The highest BCUT2D eigenvalue weighted by Crippen LogP contribution is 2.44. The topological polar surface area (TPSA) is 108 Å². The number of anilines is 1. The van der Waals surface area contributed by atoms with E-state index < -0.39 is 5.97 Å². The largest absolute Gasteiger partial charge is 0.488 e. The standard InChI is InChI=1S/C33H38N4O5S/c1-21-3-8-30(28(11-21)29-20-43-33(35-29)37-15-23-6-7-24(16-37)31(23)32(38)39)42-18-25-5-4-22(12-26(25)13-34)14-36-9-10-41-27(17-36)19-40-2/h3-5,8,11-12,20,23-24,27,31H,6-7,9-10,14-19H2,1-2H3,(H,38,39). The number of aryl methyl sites for hydroxylation is 1. The number of fused-ring (bicyclic) bond motifs is 2. The summed E-state index contributed by atoms with van der Waals surface area (Å²) in [5.74, 6) is 0.202. The lowest BCUT2D eigenvalue weighted by Gasteiger charge is -2.35. The maximum absolute atomic E-state index is 11.8. The number of aliphatic carboxylic acids is 1. The normalized spacial score (nSPS) is 23.7. The van der Waals surface area contributed by atoms with E-state index in [1.807, 2.05) is 31.2 Å². The van der Waals surface area contributed by atoms with Crippen LogP contribution in [0.5, 0.6) is 5.75 Å². The molecule has 10 heteroatoms. The van der Waals surface area contributed by atoms with Gasteiger partial charge in [0.15, 0.2) is 5.13 Å². The van der Waals surface area contributed by atoms with Crippen molar-refractivity contribution >= 4 is 22.4 Å². The van der Waals surface area contributed by atoms with E-state index in [2.05, 4.69) is 33.4 Å². The van der Waals surface area contributed by atoms with Crippen molar-refractivity contribution in [1.82, 2.24) is 9.88 Å². The minimum atomic E-state index is -0.657. The number of carbonyl (C=O) groups is 1. The number of hydrogen-bond donors (Lipinski definition) is 1. The Hall–Kier alpha value is -3.49. The highest BCUT2D eigenvalue weighted by atomic mass is 32.1. The molecule has 6 rings (SSSR count). The van der Waals surface area contributed by atoms with Crippen molar-refractivity contribution in [1.29, 1.82) is 5.26 Å². The molecule has 3 fully saturated rings. The maximum atomic E-state index is 11.8.